The van der Waals surface area contributed by atoms with Gasteiger partial charge < -0.3 is 15.3 Å². The van der Waals surface area contributed by atoms with E-state index in [-0.39, 0.29) is 18.4 Å². The van der Waals surface area contributed by atoms with Crippen LogP contribution in [0, 0.1) is 6.92 Å². The van der Waals surface area contributed by atoms with E-state index in [1.54, 1.807) is 18.3 Å². The zero-order chi connectivity index (χ0) is 22.7. The van der Waals surface area contributed by atoms with Gasteiger partial charge in [0.2, 0.25) is 0 Å². The van der Waals surface area contributed by atoms with Gasteiger partial charge in [-0.3, -0.25) is 9.59 Å². The predicted molar refractivity (Wildman–Crippen MR) is 124 cm³/mol. The number of carboxylic acids is 1. The highest BCUT2D eigenvalue weighted by molar-refractivity contribution is 6.07. The lowest BCUT2D eigenvalue weighted by Gasteiger charge is -2.35. The van der Waals surface area contributed by atoms with Crippen LogP contribution in [0.2, 0.25) is 0 Å². The number of carboxylic acid groups (broad SMARTS) is 1. The Balaban J connectivity index is 1.74. The van der Waals surface area contributed by atoms with Gasteiger partial charge in [0.15, 0.2) is 5.65 Å². The number of fused-ring (bicyclic) bond motifs is 1. The second kappa shape index (κ2) is 9.34. The minimum Gasteiger partial charge on any atom is -0.481 e. The first kappa shape index (κ1) is 21.7. The molecular weight excluding hydrogens is 404 g/mol. The summed E-state index contributed by atoms with van der Waals surface area (Å²) in [6.45, 7) is 4.79. The fourth-order valence-corrected chi connectivity index (χ4v) is 4.34. The topological polar surface area (TPSA) is 95.4 Å². The summed E-state index contributed by atoms with van der Waals surface area (Å²) in [5.41, 5.74) is 4.13. The van der Waals surface area contributed by atoms with Gasteiger partial charge in [0.1, 0.15) is 0 Å². The number of amides is 1. The van der Waals surface area contributed by atoms with Crippen molar-refractivity contribution in [3.63, 3.8) is 0 Å². The van der Waals surface area contributed by atoms with E-state index in [2.05, 4.69) is 22.2 Å². The van der Waals surface area contributed by atoms with Crippen molar-refractivity contribution in [3.8, 4) is 0 Å². The molecule has 1 aromatic carbocycles. The molecule has 1 amide bonds. The molecule has 166 valence electrons. The minimum absolute atomic E-state index is 0.0171. The lowest BCUT2D eigenvalue weighted by Crippen LogP contribution is -2.43. The van der Waals surface area contributed by atoms with Crippen molar-refractivity contribution in [2.45, 2.75) is 52.0 Å². The molecule has 2 N–H and O–H groups in total. The fraction of sp³-hybridized carbons (Fsp3) is 0.360. The van der Waals surface area contributed by atoms with E-state index in [1.807, 2.05) is 36.1 Å². The van der Waals surface area contributed by atoms with E-state index in [4.69, 9.17) is 5.11 Å². The molecule has 32 heavy (non-hydrogen) atoms. The second-order valence-electron chi connectivity index (χ2n) is 8.32. The highest BCUT2D eigenvalue weighted by atomic mass is 16.4. The Morgan fingerprint density at radius 2 is 1.94 bits per heavy atom. The van der Waals surface area contributed by atoms with E-state index < -0.39 is 5.97 Å². The summed E-state index contributed by atoms with van der Waals surface area (Å²) in [6.07, 6.45) is 5.71. The van der Waals surface area contributed by atoms with E-state index in [1.165, 1.54) is 0 Å². The smallest absolute Gasteiger partial charge is 0.307 e. The molecule has 7 heteroatoms. The van der Waals surface area contributed by atoms with Crippen LogP contribution in [0.3, 0.4) is 0 Å². The minimum atomic E-state index is -0.868. The monoisotopic (exact) mass is 432 g/mol. The molecule has 0 bridgehead atoms. The number of likely N-dealkylation sites (tertiary alicyclic amines) is 1. The first-order valence-electron chi connectivity index (χ1n) is 11.1. The van der Waals surface area contributed by atoms with Gasteiger partial charge in [-0.05, 0) is 62.4 Å². The molecule has 0 unspecified atom stereocenters. The van der Waals surface area contributed by atoms with Crippen molar-refractivity contribution in [1.29, 1.82) is 0 Å². The largest absolute Gasteiger partial charge is 0.481 e. The van der Waals surface area contributed by atoms with Crippen LogP contribution in [-0.4, -0.2) is 44.4 Å². The number of aryl methyl sites for hydroxylation is 1. The van der Waals surface area contributed by atoms with Crippen LogP contribution < -0.4 is 5.32 Å². The lowest BCUT2D eigenvalue weighted by molar-refractivity contribution is -0.136. The normalized spacial score (nSPS) is 16.2. The predicted octanol–water partition coefficient (Wildman–Crippen LogP) is 4.71. The number of nitrogens with one attached hydrogen (secondary N) is 1. The number of anilines is 2. The van der Waals surface area contributed by atoms with Crippen LogP contribution in [0.1, 0.15) is 54.2 Å². The van der Waals surface area contributed by atoms with Gasteiger partial charge in [-0.2, -0.15) is 0 Å². The number of hydrogen-bond acceptors (Lipinski definition) is 5. The number of aromatic nitrogens is 2. The molecule has 1 saturated heterocycles. The van der Waals surface area contributed by atoms with Crippen molar-refractivity contribution in [1.82, 2.24) is 14.9 Å². The molecule has 0 radical (unpaired) electrons. The van der Waals surface area contributed by atoms with Crippen LogP contribution in [0.5, 0.6) is 0 Å². The number of nitrogens with zero attached hydrogens (tertiary/aromatic N) is 3. The molecule has 1 aliphatic heterocycles. The summed E-state index contributed by atoms with van der Waals surface area (Å²) in [7, 11) is 0. The molecule has 3 heterocycles. The van der Waals surface area contributed by atoms with Crippen LogP contribution in [0.15, 0.2) is 42.6 Å². The van der Waals surface area contributed by atoms with E-state index in [0.29, 0.717) is 16.9 Å². The Morgan fingerprint density at radius 3 is 2.66 bits per heavy atom. The molecular formula is C25H28N4O3. The standard InChI is InChI=1S/C25H28N4O3/c1-3-19-6-4-5-13-29(19)25(32)21-15-26-24-20(12-7-16(2)27-24)23(21)28-18-10-8-17(9-11-18)14-22(30)31/h7-12,15,19H,3-6,13-14H2,1-2H3,(H,30,31)(H,26,27,28)/t19-/m0/s1. The molecule has 0 saturated carbocycles. The van der Waals surface area contributed by atoms with Crippen molar-refractivity contribution < 1.29 is 14.7 Å². The summed E-state index contributed by atoms with van der Waals surface area (Å²) >= 11 is 0. The van der Waals surface area contributed by atoms with Gasteiger partial charge in [0, 0.05) is 35.6 Å². The second-order valence-corrected chi connectivity index (χ2v) is 8.32. The summed E-state index contributed by atoms with van der Waals surface area (Å²) in [5, 5.41) is 13.2. The third kappa shape index (κ3) is 4.56. The summed E-state index contributed by atoms with van der Waals surface area (Å²) < 4.78 is 0. The molecule has 0 spiro atoms. The molecule has 2 aromatic heterocycles. The zero-order valence-electron chi connectivity index (χ0n) is 18.5. The SMILES string of the molecule is CC[C@H]1CCCCN1C(=O)c1cnc2nc(C)ccc2c1Nc1ccc(CC(=O)O)cc1. The Kier molecular flexibility index (Phi) is 6.35. The van der Waals surface area contributed by atoms with Gasteiger partial charge in [0.25, 0.3) is 5.91 Å². The van der Waals surface area contributed by atoms with Crippen LogP contribution in [-0.2, 0) is 11.2 Å². The first-order valence-corrected chi connectivity index (χ1v) is 11.1. The molecule has 3 aromatic rings. The number of rotatable bonds is 6. The number of benzene rings is 1. The zero-order valence-corrected chi connectivity index (χ0v) is 18.5. The first-order chi connectivity index (χ1) is 15.5. The highest BCUT2D eigenvalue weighted by Crippen LogP contribution is 2.31. The fourth-order valence-electron chi connectivity index (χ4n) is 4.34. The maximum atomic E-state index is 13.6. The maximum absolute atomic E-state index is 13.6. The van der Waals surface area contributed by atoms with Crippen LogP contribution in [0.4, 0.5) is 11.4 Å². The van der Waals surface area contributed by atoms with Crippen molar-refractivity contribution >= 4 is 34.3 Å². The lowest BCUT2D eigenvalue weighted by atomic mass is 9.98. The average molecular weight is 433 g/mol. The number of carbonyl (C=O) groups excluding carboxylic acids is 1. The van der Waals surface area contributed by atoms with Gasteiger partial charge in [-0.25, -0.2) is 9.97 Å². The quantitative estimate of drug-likeness (QED) is 0.586. The third-order valence-electron chi connectivity index (χ3n) is 6.04. The number of piperidine rings is 1. The van der Waals surface area contributed by atoms with Gasteiger partial charge >= 0.3 is 5.97 Å². The summed E-state index contributed by atoms with van der Waals surface area (Å²) in [6, 6.07) is 11.3. The number of aliphatic carboxylic acids is 1. The van der Waals surface area contributed by atoms with Crippen molar-refractivity contribution in [3.05, 3.63) is 59.4 Å². The van der Waals surface area contributed by atoms with Gasteiger partial charge in [-0.1, -0.05) is 19.1 Å². The van der Waals surface area contributed by atoms with Crippen LogP contribution >= 0.6 is 0 Å². The van der Waals surface area contributed by atoms with Crippen molar-refractivity contribution in [2.75, 3.05) is 11.9 Å². The summed E-state index contributed by atoms with van der Waals surface area (Å²) in [4.78, 5) is 35.6. The average Bonchev–Trinajstić information content (AvgIpc) is 2.79. The Hall–Kier alpha value is -3.48. The molecule has 0 aliphatic carbocycles. The molecule has 4 rings (SSSR count). The number of carbonyl (C=O) groups is 2. The Morgan fingerprint density at radius 1 is 1.16 bits per heavy atom. The van der Waals surface area contributed by atoms with Crippen molar-refractivity contribution in [2.24, 2.45) is 0 Å². The molecule has 7 nitrogen and oxygen atoms in total. The number of pyridine rings is 2. The summed E-state index contributed by atoms with van der Waals surface area (Å²) in [5.74, 6) is -0.885. The van der Waals surface area contributed by atoms with Gasteiger partial charge in [0.05, 0.1) is 17.7 Å². The van der Waals surface area contributed by atoms with Gasteiger partial charge in [-0.15, -0.1) is 0 Å². The third-order valence-corrected chi connectivity index (χ3v) is 6.04. The maximum Gasteiger partial charge on any atom is 0.307 e. The van der Waals surface area contributed by atoms with E-state index in [0.717, 1.165) is 54.6 Å². The molecule has 1 aliphatic rings. The Bertz CT molecular complexity index is 1140. The number of hydrogen-bond donors (Lipinski definition) is 2. The van der Waals surface area contributed by atoms with E-state index >= 15 is 0 Å². The molecule has 1 atom stereocenters. The molecule has 1 fully saturated rings. The van der Waals surface area contributed by atoms with E-state index in [9.17, 15) is 9.59 Å². The van der Waals surface area contributed by atoms with Crippen LogP contribution in [0.25, 0.3) is 11.0 Å². The Labute approximate surface area is 187 Å². The highest BCUT2D eigenvalue weighted by Gasteiger charge is 2.28.